The van der Waals surface area contributed by atoms with E-state index in [2.05, 4.69) is 32.5 Å². The monoisotopic (exact) mass is 419 g/mol. The third-order valence-corrected chi connectivity index (χ3v) is 5.55. The van der Waals surface area contributed by atoms with Crippen molar-refractivity contribution in [3.05, 3.63) is 62.9 Å². The Hall–Kier alpha value is -1.70. The summed E-state index contributed by atoms with van der Waals surface area (Å²) in [7, 11) is 0. The van der Waals surface area contributed by atoms with Crippen molar-refractivity contribution in [3.63, 3.8) is 0 Å². The molecule has 0 unspecified atom stereocenters. The zero-order valence-corrected chi connectivity index (χ0v) is 16.1. The molecule has 0 spiro atoms. The van der Waals surface area contributed by atoms with Crippen LogP contribution in [-0.2, 0) is 4.79 Å². The lowest BCUT2D eigenvalue weighted by atomic mass is 10.2. The topological polar surface area (TPSA) is 45.6 Å². The van der Waals surface area contributed by atoms with Gasteiger partial charge in [-0.1, -0.05) is 34.1 Å². The number of aromatic nitrogens is 1. The molecule has 1 aromatic carbocycles. The summed E-state index contributed by atoms with van der Waals surface area (Å²) in [5.74, 6) is -0.0603. The zero-order chi connectivity index (χ0) is 17.1. The van der Waals surface area contributed by atoms with Crippen molar-refractivity contribution in [3.8, 4) is 0 Å². The molecule has 0 saturated carbocycles. The summed E-state index contributed by atoms with van der Waals surface area (Å²) in [5.41, 5.74) is 1.90. The van der Waals surface area contributed by atoms with Gasteiger partial charge in [-0.3, -0.25) is 9.69 Å². The molecule has 2 aromatic rings. The van der Waals surface area contributed by atoms with Gasteiger partial charge in [0.15, 0.2) is 5.17 Å². The maximum absolute atomic E-state index is 12.7. The number of carbonyl (C=O) groups excluding carboxylic acids is 1. The molecule has 1 aliphatic rings. The highest BCUT2D eigenvalue weighted by atomic mass is 79.9. The van der Waals surface area contributed by atoms with Crippen LogP contribution in [0.1, 0.15) is 11.3 Å². The number of benzene rings is 1. The molecule has 1 aliphatic heterocycles. The van der Waals surface area contributed by atoms with Crippen molar-refractivity contribution in [1.29, 1.82) is 0 Å². The maximum Gasteiger partial charge on any atom is 0.267 e. The Labute approximate surface area is 157 Å². The van der Waals surface area contributed by atoms with E-state index in [1.54, 1.807) is 11.0 Å². The zero-order valence-electron chi connectivity index (χ0n) is 12.9. The van der Waals surface area contributed by atoms with E-state index in [4.69, 9.17) is 0 Å². The number of amidine groups is 1. The van der Waals surface area contributed by atoms with Crippen LogP contribution in [0.15, 0.2) is 56.7 Å². The summed E-state index contributed by atoms with van der Waals surface area (Å²) >= 11 is 6.24. The Morgan fingerprint density at radius 2 is 2.12 bits per heavy atom. The number of amides is 1. The number of hydrogen-bond donors (Lipinski definition) is 0. The van der Waals surface area contributed by atoms with Crippen LogP contribution in [0.2, 0.25) is 0 Å². The van der Waals surface area contributed by atoms with Gasteiger partial charge in [0.2, 0.25) is 5.13 Å². The van der Waals surface area contributed by atoms with Crippen LogP contribution >= 0.6 is 39.0 Å². The summed E-state index contributed by atoms with van der Waals surface area (Å²) in [6.45, 7) is 6.07. The number of halogens is 1. The normalized spacial score (nSPS) is 17.9. The van der Waals surface area contributed by atoms with E-state index in [0.717, 1.165) is 15.7 Å². The van der Waals surface area contributed by atoms with Gasteiger partial charge in [-0.05, 0) is 42.5 Å². The molecule has 0 atom stereocenters. The molecule has 2 heterocycles. The van der Waals surface area contributed by atoms with Crippen LogP contribution in [0.25, 0.3) is 6.08 Å². The fourth-order valence-corrected chi connectivity index (χ4v) is 4.04. The van der Waals surface area contributed by atoms with Gasteiger partial charge in [0.05, 0.1) is 10.6 Å². The minimum Gasteiger partial charge on any atom is -0.282 e. The summed E-state index contributed by atoms with van der Waals surface area (Å²) in [6, 6.07) is 7.82. The quantitative estimate of drug-likeness (QED) is 0.516. The van der Waals surface area contributed by atoms with Gasteiger partial charge in [0.1, 0.15) is 0 Å². The largest absolute Gasteiger partial charge is 0.282 e. The molecule has 0 bridgehead atoms. The smallest absolute Gasteiger partial charge is 0.267 e. The van der Waals surface area contributed by atoms with Gasteiger partial charge in [-0.2, -0.15) is 4.99 Å². The van der Waals surface area contributed by atoms with Crippen LogP contribution in [0.5, 0.6) is 0 Å². The Morgan fingerprint density at radius 1 is 1.38 bits per heavy atom. The second-order valence-electron chi connectivity index (χ2n) is 5.03. The Balaban J connectivity index is 1.93. The van der Waals surface area contributed by atoms with Crippen molar-refractivity contribution >= 4 is 61.3 Å². The second-order valence-corrected chi connectivity index (χ2v) is 7.79. The predicted octanol–water partition coefficient (Wildman–Crippen LogP) is 5.00. The lowest BCUT2D eigenvalue weighted by Gasteiger charge is -2.11. The van der Waals surface area contributed by atoms with Gasteiger partial charge in [-0.15, -0.1) is 17.9 Å². The molecule has 1 amide bonds. The van der Waals surface area contributed by atoms with Crippen LogP contribution in [0.3, 0.4) is 0 Å². The summed E-state index contributed by atoms with van der Waals surface area (Å²) in [6.07, 6.45) is 3.58. The van der Waals surface area contributed by atoms with Crippen LogP contribution in [0, 0.1) is 6.92 Å². The van der Waals surface area contributed by atoms with Crippen molar-refractivity contribution < 1.29 is 4.79 Å². The Morgan fingerprint density at radius 3 is 2.75 bits per heavy atom. The Kier molecular flexibility index (Phi) is 5.33. The van der Waals surface area contributed by atoms with Crippen molar-refractivity contribution in [1.82, 2.24) is 9.88 Å². The van der Waals surface area contributed by atoms with E-state index < -0.39 is 0 Å². The highest BCUT2D eigenvalue weighted by Gasteiger charge is 2.32. The fraction of sp³-hybridized carbons (Fsp3) is 0.118. The number of hydrogen-bond acceptors (Lipinski definition) is 5. The number of thioether (sulfide) groups is 1. The number of aliphatic imine (C=N–C) groups is 1. The predicted molar refractivity (Wildman–Crippen MR) is 106 cm³/mol. The minimum atomic E-state index is -0.0603. The minimum absolute atomic E-state index is 0.0603. The first-order chi connectivity index (χ1) is 11.6. The van der Waals surface area contributed by atoms with Crippen LogP contribution in [-0.4, -0.2) is 27.5 Å². The van der Waals surface area contributed by atoms with E-state index in [-0.39, 0.29) is 5.91 Å². The SMILES string of the molecule is C=CCN1C(=O)/C(=C/c2ccc(Br)cc2)S/C1=N/c1nc(C)cs1. The van der Waals surface area contributed by atoms with Crippen LogP contribution < -0.4 is 0 Å². The highest BCUT2D eigenvalue weighted by molar-refractivity contribution is 9.10. The van der Waals surface area contributed by atoms with Gasteiger partial charge in [0, 0.05) is 16.4 Å². The number of nitrogens with zero attached hydrogens (tertiary/aromatic N) is 3. The Bertz CT molecular complexity index is 840. The molecule has 0 N–H and O–H groups in total. The summed E-state index contributed by atoms with van der Waals surface area (Å²) in [4.78, 5) is 23.8. The summed E-state index contributed by atoms with van der Waals surface area (Å²) in [5, 5.41) is 3.23. The standard InChI is InChI=1S/C17H14BrN3OS2/c1-3-8-21-15(22)14(9-12-4-6-13(18)7-5-12)24-17(21)20-16-19-11(2)10-23-16/h3-7,9-10H,1,8H2,2H3/b14-9-,20-17+. The van der Waals surface area contributed by atoms with Gasteiger partial charge < -0.3 is 0 Å². The molecule has 7 heteroatoms. The third kappa shape index (κ3) is 3.85. The number of carbonyl (C=O) groups is 1. The molecule has 0 aliphatic carbocycles. The molecular weight excluding hydrogens is 406 g/mol. The third-order valence-electron chi connectivity index (χ3n) is 3.17. The first kappa shape index (κ1) is 17.1. The van der Waals surface area contributed by atoms with Crippen LogP contribution in [0.4, 0.5) is 5.13 Å². The molecule has 0 radical (unpaired) electrons. The van der Waals surface area contributed by atoms with Crippen molar-refractivity contribution in [2.45, 2.75) is 6.92 Å². The van der Waals surface area contributed by atoms with E-state index in [1.165, 1.54) is 23.1 Å². The van der Waals surface area contributed by atoms with Gasteiger partial charge in [-0.25, -0.2) is 4.98 Å². The number of aryl methyl sites for hydroxylation is 1. The van der Waals surface area contributed by atoms with E-state index in [0.29, 0.717) is 21.7 Å². The molecule has 1 fully saturated rings. The molecule has 4 nitrogen and oxygen atoms in total. The molecule has 122 valence electrons. The highest BCUT2D eigenvalue weighted by Crippen LogP contribution is 2.34. The average molecular weight is 420 g/mol. The van der Waals surface area contributed by atoms with E-state index >= 15 is 0 Å². The number of rotatable bonds is 4. The fourth-order valence-electron chi connectivity index (χ4n) is 2.07. The number of thiazole rings is 1. The average Bonchev–Trinajstić information content (AvgIpc) is 3.09. The maximum atomic E-state index is 12.7. The lowest BCUT2D eigenvalue weighted by molar-refractivity contribution is -0.121. The molecule has 1 aromatic heterocycles. The summed E-state index contributed by atoms with van der Waals surface area (Å²) < 4.78 is 1.00. The lowest BCUT2D eigenvalue weighted by Crippen LogP contribution is -2.29. The van der Waals surface area contributed by atoms with E-state index in [1.807, 2.05) is 42.6 Å². The molecule has 1 saturated heterocycles. The van der Waals surface area contributed by atoms with Crippen molar-refractivity contribution in [2.24, 2.45) is 4.99 Å². The van der Waals surface area contributed by atoms with Gasteiger partial charge >= 0.3 is 0 Å². The molecule has 24 heavy (non-hydrogen) atoms. The first-order valence-corrected chi connectivity index (χ1v) is 9.64. The first-order valence-electron chi connectivity index (χ1n) is 7.15. The van der Waals surface area contributed by atoms with E-state index in [9.17, 15) is 4.79 Å². The second kappa shape index (κ2) is 7.46. The van der Waals surface area contributed by atoms with Gasteiger partial charge in [0.25, 0.3) is 5.91 Å². The van der Waals surface area contributed by atoms with Crippen molar-refractivity contribution in [2.75, 3.05) is 6.54 Å². The molecule has 3 rings (SSSR count). The molecular formula is C17H14BrN3OS2.